The van der Waals surface area contributed by atoms with Gasteiger partial charge in [-0.2, -0.15) is 0 Å². The number of ether oxygens (including phenoxy) is 3. The van der Waals surface area contributed by atoms with Crippen molar-refractivity contribution in [1.29, 1.82) is 0 Å². The van der Waals surface area contributed by atoms with Gasteiger partial charge in [0.1, 0.15) is 19.0 Å². The summed E-state index contributed by atoms with van der Waals surface area (Å²) in [6, 6.07) is 33.8. The van der Waals surface area contributed by atoms with Crippen molar-refractivity contribution in [3.8, 4) is 17.2 Å². The number of carbonyl (C=O) groups is 2. The highest BCUT2D eigenvalue weighted by Gasteiger charge is 2.34. The van der Waals surface area contributed by atoms with Crippen LogP contribution in [-0.4, -0.2) is 35.8 Å². The number of rotatable bonds is 10. The fourth-order valence-electron chi connectivity index (χ4n) is 4.90. The molecule has 5 aromatic rings. The highest BCUT2D eigenvalue weighted by Crippen LogP contribution is 2.35. The van der Waals surface area contributed by atoms with Gasteiger partial charge >= 0.3 is 0 Å². The minimum absolute atomic E-state index is 0.164. The first-order chi connectivity index (χ1) is 20.6. The molecule has 2 amide bonds. The lowest BCUT2D eigenvalue weighted by molar-refractivity contribution is -0.123. The molecule has 0 saturated carbocycles. The Labute approximate surface area is 248 Å². The number of imide groups is 1. The molecule has 1 aliphatic rings. The fraction of sp³-hybridized carbons (Fsp3) is 0.143. The Balaban J connectivity index is 1.12. The number of thioether (sulfide) groups is 1. The van der Waals surface area contributed by atoms with Crippen LogP contribution in [0.3, 0.4) is 0 Å². The minimum Gasteiger partial charge on any atom is -0.491 e. The van der Waals surface area contributed by atoms with Crippen molar-refractivity contribution in [2.24, 2.45) is 0 Å². The highest BCUT2D eigenvalue weighted by molar-refractivity contribution is 8.18. The zero-order valence-electron chi connectivity index (χ0n) is 23.1. The Hall–Kier alpha value is -4.75. The Bertz CT molecular complexity index is 1810. The van der Waals surface area contributed by atoms with Crippen LogP contribution in [0, 0.1) is 0 Å². The van der Waals surface area contributed by atoms with E-state index in [1.54, 1.807) is 6.08 Å². The molecule has 0 spiro atoms. The molecule has 42 heavy (non-hydrogen) atoms. The first-order valence-corrected chi connectivity index (χ1v) is 14.6. The number of hydrogen-bond donors (Lipinski definition) is 0. The molecule has 6 rings (SSSR count). The lowest BCUT2D eigenvalue weighted by atomic mass is 10.1. The smallest absolute Gasteiger partial charge is 0.293 e. The van der Waals surface area contributed by atoms with Crippen LogP contribution >= 0.6 is 11.8 Å². The number of amides is 2. The maximum atomic E-state index is 13.1. The number of hydrogen-bond acceptors (Lipinski definition) is 6. The molecule has 5 aromatic carbocycles. The zero-order chi connectivity index (χ0) is 28.9. The molecule has 0 aliphatic carbocycles. The Morgan fingerprint density at radius 2 is 1.50 bits per heavy atom. The first kappa shape index (κ1) is 27.4. The van der Waals surface area contributed by atoms with Crippen LogP contribution in [0.5, 0.6) is 17.2 Å². The van der Waals surface area contributed by atoms with Gasteiger partial charge < -0.3 is 14.2 Å². The van der Waals surface area contributed by atoms with Crippen molar-refractivity contribution in [1.82, 2.24) is 4.90 Å². The first-order valence-electron chi connectivity index (χ1n) is 13.8. The van der Waals surface area contributed by atoms with Gasteiger partial charge in [0.05, 0.1) is 18.1 Å². The van der Waals surface area contributed by atoms with Crippen molar-refractivity contribution >= 4 is 50.5 Å². The van der Waals surface area contributed by atoms with Gasteiger partial charge in [0.25, 0.3) is 11.1 Å². The molecule has 210 valence electrons. The number of benzene rings is 5. The van der Waals surface area contributed by atoms with Crippen LogP contribution in [0.2, 0.25) is 0 Å². The molecule has 0 radical (unpaired) electrons. The molecule has 0 aromatic heterocycles. The maximum Gasteiger partial charge on any atom is 0.293 e. The highest BCUT2D eigenvalue weighted by atomic mass is 32.2. The average molecular weight is 576 g/mol. The third-order valence-electron chi connectivity index (χ3n) is 6.97. The van der Waals surface area contributed by atoms with Gasteiger partial charge in [0.15, 0.2) is 11.5 Å². The van der Waals surface area contributed by atoms with Crippen molar-refractivity contribution in [3.63, 3.8) is 0 Å². The molecule has 1 fully saturated rings. The van der Waals surface area contributed by atoms with E-state index in [1.807, 2.05) is 79.7 Å². The van der Waals surface area contributed by atoms with Gasteiger partial charge in [-0.05, 0) is 76.3 Å². The van der Waals surface area contributed by atoms with Crippen LogP contribution in [-0.2, 0) is 11.4 Å². The second-order valence-corrected chi connectivity index (χ2v) is 10.8. The third-order valence-corrected chi connectivity index (χ3v) is 7.88. The molecule has 0 unspecified atom stereocenters. The van der Waals surface area contributed by atoms with Crippen molar-refractivity contribution in [3.05, 3.63) is 119 Å². The molecular weight excluding hydrogens is 546 g/mol. The van der Waals surface area contributed by atoms with Crippen LogP contribution in [0.4, 0.5) is 4.79 Å². The molecule has 1 aliphatic heterocycles. The number of fused-ring (bicyclic) bond motifs is 2. The number of nitrogens with zero attached hydrogens (tertiary/aromatic N) is 1. The third kappa shape index (κ3) is 5.97. The average Bonchev–Trinajstić information content (AvgIpc) is 3.28. The van der Waals surface area contributed by atoms with Gasteiger partial charge in [-0.3, -0.25) is 14.5 Å². The van der Waals surface area contributed by atoms with Crippen LogP contribution in [0.15, 0.2) is 108 Å². The van der Waals surface area contributed by atoms with Gasteiger partial charge in [-0.1, -0.05) is 78.9 Å². The lowest BCUT2D eigenvalue weighted by Gasteiger charge is -2.14. The van der Waals surface area contributed by atoms with E-state index in [0.717, 1.165) is 44.8 Å². The number of carbonyl (C=O) groups excluding carboxylic acids is 2. The maximum absolute atomic E-state index is 13.1. The largest absolute Gasteiger partial charge is 0.491 e. The fourth-order valence-corrected chi connectivity index (χ4v) is 5.77. The van der Waals surface area contributed by atoms with E-state index in [9.17, 15) is 9.59 Å². The summed E-state index contributed by atoms with van der Waals surface area (Å²) < 4.78 is 17.9. The summed E-state index contributed by atoms with van der Waals surface area (Å²) in [5, 5.41) is 4.09. The Morgan fingerprint density at radius 1 is 0.714 bits per heavy atom. The molecule has 0 N–H and O–H groups in total. The van der Waals surface area contributed by atoms with Crippen molar-refractivity contribution < 1.29 is 23.8 Å². The molecule has 0 atom stereocenters. The van der Waals surface area contributed by atoms with Gasteiger partial charge in [-0.25, -0.2) is 0 Å². The SMILES string of the molecule is CCOc1cc(/C=C2\SC(=O)N(CCOc3cccc4ccccc34)C2=O)ccc1OCc1ccc2ccccc2c1. The van der Waals surface area contributed by atoms with Crippen LogP contribution in [0.1, 0.15) is 18.1 Å². The standard InChI is InChI=1S/C35H29NO5S/c1-2-39-32-21-24(15-17-31(32)41-23-25-14-16-26-8-3-4-10-28(26)20-25)22-33-34(37)36(35(38)42-33)18-19-40-30-13-7-11-27-9-5-6-12-29(27)30/h3-17,20-22H,2,18-19,23H2,1H3/b33-22-. The second kappa shape index (κ2) is 12.4. The molecule has 7 heteroatoms. The van der Waals surface area contributed by atoms with Gasteiger partial charge in [-0.15, -0.1) is 0 Å². The molecular formula is C35H29NO5S. The minimum atomic E-state index is -0.332. The summed E-state index contributed by atoms with van der Waals surface area (Å²) in [7, 11) is 0. The normalized spacial score (nSPS) is 14.2. The predicted molar refractivity (Wildman–Crippen MR) is 168 cm³/mol. The summed E-state index contributed by atoms with van der Waals surface area (Å²) in [5.74, 6) is 1.58. The van der Waals surface area contributed by atoms with E-state index in [4.69, 9.17) is 14.2 Å². The zero-order valence-corrected chi connectivity index (χ0v) is 23.9. The second-order valence-electron chi connectivity index (χ2n) is 9.77. The lowest BCUT2D eigenvalue weighted by Crippen LogP contribution is -2.32. The quantitative estimate of drug-likeness (QED) is 0.157. The Morgan fingerprint density at radius 3 is 2.36 bits per heavy atom. The topological polar surface area (TPSA) is 65.1 Å². The predicted octanol–water partition coefficient (Wildman–Crippen LogP) is 8.09. The van der Waals surface area contributed by atoms with Gasteiger partial charge in [0.2, 0.25) is 0 Å². The summed E-state index contributed by atoms with van der Waals surface area (Å²) in [5.41, 5.74) is 1.80. The van der Waals surface area contributed by atoms with E-state index in [-0.39, 0.29) is 24.3 Å². The van der Waals surface area contributed by atoms with Crippen molar-refractivity contribution in [2.75, 3.05) is 19.8 Å². The summed E-state index contributed by atoms with van der Waals surface area (Å²) in [4.78, 5) is 27.4. The van der Waals surface area contributed by atoms with E-state index in [0.29, 0.717) is 29.6 Å². The Kier molecular flexibility index (Phi) is 8.10. The summed E-state index contributed by atoms with van der Waals surface area (Å²) >= 11 is 0.928. The van der Waals surface area contributed by atoms with Gasteiger partial charge in [0, 0.05) is 5.39 Å². The van der Waals surface area contributed by atoms with Crippen LogP contribution < -0.4 is 14.2 Å². The monoisotopic (exact) mass is 575 g/mol. The molecule has 1 saturated heterocycles. The molecule has 0 bridgehead atoms. The van der Waals surface area contributed by atoms with E-state index < -0.39 is 0 Å². The molecule has 6 nitrogen and oxygen atoms in total. The van der Waals surface area contributed by atoms with Crippen LogP contribution in [0.25, 0.3) is 27.6 Å². The summed E-state index contributed by atoms with van der Waals surface area (Å²) in [6.07, 6.45) is 1.71. The van der Waals surface area contributed by atoms with E-state index in [2.05, 4.69) is 30.3 Å². The van der Waals surface area contributed by atoms with E-state index >= 15 is 0 Å². The van der Waals surface area contributed by atoms with Crippen molar-refractivity contribution in [2.45, 2.75) is 13.5 Å². The van der Waals surface area contributed by atoms with E-state index in [1.165, 1.54) is 10.3 Å². The summed E-state index contributed by atoms with van der Waals surface area (Å²) in [6.45, 7) is 3.13. The molecule has 1 heterocycles.